The van der Waals surface area contributed by atoms with E-state index in [9.17, 15) is 19.2 Å². The van der Waals surface area contributed by atoms with Crippen LogP contribution >= 0.6 is 0 Å². The molecule has 3 N–H and O–H groups in total. The Kier molecular flexibility index (Phi) is 5.12. The molecule has 0 spiro atoms. The molecular formula is C16H23N5O5. The fourth-order valence-corrected chi connectivity index (χ4v) is 3.12. The zero-order chi connectivity index (χ0) is 18.8. The number of piperazine rings is 1. The summed E-state index contributed by atoms with van der Waals surface area (Å²) in [5.41, 5.74) is 4.47. The lowest BCUT2D eigenvalue weighted by Crippen LogP contribution is -2.50. The van der Waals surface area contributed by atoms with Crippen molar-refractivity contribution in [2.24, 2.45) is 0 Å². The van der Waals surface area contributed by atoms with Crippen LogP contribution < -0.4 is 17.0 Å². The molecule has 2 heterocycles. The molecule has 10 nitrogen and oxygen atoms in total. The van der Waals surface area contributed by atoms with Gasteiger partial charge < -0.3 is 15.4 Å². The molecule has 1 saturated carbocycles. The smallest absolute Gasteiger partial charge is 0.409 e. The summed E-state index contributed by atoms with van der Waals surface area (Å²) in [5.74, 6) is -0.487. The lowest BCUT2D eigenvalue weighted by molar-refractivity contribution is 0.0732. The second kappa shape index (κ2) is 7.32. The van der Waals surface area contributed by atoms with Crippen molar-refractivity contribution in [1.29, 1.82) is 0 Å². The highest BCUT2D eigenvalue weighted by molar-refractivity contribution is 6.01. The molecule has 3 rings (SSSR count). The van der Waals surface area contributed by atoms with E-state index in [-0.39, 0.29) is 30.1 Å². The summed E-state index contributed by atoms with van der Waals surface area (Å²) >= 11 is 0. The quantitative estimate of drug-likeness (QED) is 0.667. The third-order valence-electron chi connectivity index (χ3n) is 4.64. The number of ether oxygens (including phenoxy) is 1. The number of nitrogens with zero attached hydrogens (tertiary/aromatic N) is 3. The number of carbonyl (C=O) groups is 2. The Hall–Kier alpha value is -2.62. The van der Waals surface area contributed by atoms with Gasteiger partial charge in [0.25, 0.3) is 5.56 Å². The molecular weight excluding hydrogens is 342 g/mol. The summed E-state index contributed by atoms with van der Waals surface area (Å²) in [5, 5.41) is 0. The van der Waals surface area contributed by atoms with E-state index >= 15 is 0 Å². The van der Waals surface area contributed by atoms with Gasteiger partial charge in [-0.3, -0.25) is 24.0 Å². The molecule has 10 heteroatoms. The lowest BCUT2D eigenvalue weighted by atomic mass is 10.1. The van der Waals surface area contributed by atoms with Crippen LogP contribution in [0.25, 0.3) is 0 Å². The van der Waals surface area contributed by atoms with E-state index in [1.165, 1.54) is 4.57 Å². The molecule has 1 aromatic rings. The van der Waals surface area contributed by atoms with Crippen molar-refractivity contribution in [3.05, 3.63) is 26.4 Å². The third-order valence-corrected chi connectivity index (χ3v) is 4.64. The number of rotatable bonds is 5. The number of nitrogens with one attached hydrogen (secondary N) is 1. The van der Waals surface area contributed by atoms with Crippen molar-refractivity contribution >= 4 is 17.7 Å². The first-order valence-electron chi connectivity index (χ1n) is 8.74. The molecule has 0 unspecified atom stereocenters. The molecule has 0 atom stereocenters. The molecule has 1 aliphatic heterocycles. The third kappa shape index (κ3) is 3.64. The van der Waals surface area contributed by atoms with Gasteiger partial charge in [0, 0.05) is 32.2 Å². The predicted molar refractivity (Wildman–Crippen MR) is 93.4 cm³/mol. The number of H-pyrrole nitrogens is 1. The highest BCUT2D eigenvalue weighted by Gasteiger charge is 2.31. The number of amides is 1. The van der Waals surface area contributed by atoms with Crippen molar-refractivity contribution in [3.8, 4) is 0 Å². The van der Waals surface area contributed by atoms with E-state index in [0.29, 0.717) is 32.8 Å². The van der Waals surface area contributed by atoms with Crippen LogP contribution in [0, 0.1) is 0 Å². The molecule has 2 aliphatic rings. The first-order chi connectivity index (χ1) is 12.4. The van der Waals surface area contributed by atoms with Crippen LogP contribution in [0.4, 0.5) is 10.6 Å². The van der Waals surface area contributed by atoms with Crippen LogP contribution in [-0.4, -0.2) is 70.6 Å². The average Bonchev–Trinajstić information content (AvgIpc) is 3.40. The Morgan fingerprint density at radius 2 is 1.85 bits per heavy atom. The molecule has 1 aromatic heterocycles. The van der Waals surface area contributed by atoms with Crippen LogP contribution in [0.1, 0.15) is 36.2 Å². The van der Waals surface area contributed by atoms with Gasteiger partial charge in [0.2, 0.25) is 0 Å². The van der Waals surface area contributed by atoms with Crippen molar-refractivity contribution in [2.75, 3.05) is 45.1 Å². The molecule has 142 valence electrons. The van der Waals surface area contributed by atoms with Crippen molar-refractivity contribution in [3.63, 3.8) is 0 Å². The van der Waals surface area contributed by atoms with Gasteiger partial charge >= 0.3 is 11.8 Å². The maximum absolute atomic E-state index is 12.6. The van der Waals surface area contributed by atoms with E-state index in [4.69, 9.17) is 10.5 Å². The van der Waals surface area contributed by atoms with Crippen molar-refractivity contribution < 1.29 is 14.3 Å². The number of nitrogens with two attached hydrogens (primary N) is 1. The zero-order valence-electron chi connectivity index (χ0n) is 14.7. The van der Waals surface area contributed by atoms with Gasteiger partial charge in [-0.2, -0.15) is 0 Å². The molecule has 1 aliphatic carbocycles. The van der Waals surface area contributed by atoms with E-state index in [0.717, 1.165) is 12.8 Å². The van der Waals surface area contributed by atoms with Crippen molar-refractivity contribution in [2.45, 2.75) is 25.8 Å². The molecule has 0 bridgehead atoms. The van der Waals surface area contributed by atoms with Gasteiger partial charge in [0.15, 0.2) is 5.78 Å². The SMILES string of the molecule is CCOC(=O)N1CCN(CC(=O)c2c(N)n(C3CC3)c(=O)[nH]c2=O)CC1. The van der Waals surface area contributed by atoms with Gasteiger partial charge in [-0.25, -0.2) is 9.59 Å². The average molecular weight is 365 g/mol. The number of nitrogen functional groups attached to an aromatic ring is 1. The Balaban J connectivity index is 1.68. The van der Waals surface area contributed by atoms with E-state index in [1.54, 1.807) is 11.8 Å². The monoisotopic (exact) mass is 365 g/mol. The summed E-state index contributed by atoms with van der Waals surface area (Å²) in [6, 6.07) is -0.0426. The van der Waals surface area contributed by atoms with Gasteiger partial charge in [0.05, 0.1) is 13.2 Å². The minimum atomic E-state index is -0.750. The van der Waals surface area contributed by atoms with Crippen LogP contribution in [0.2, 0.25) is 0 Å². The van der Waals surface area contributed by atoms with Gasteiger partial charge in [-0.05, 0) is 19.8 Å². The van der Waals surface area contributed by atoms with E-state index in [2.05, 4.69) is 4.98 Å². The zero-order valence-corrected chi connectivity index (χ0v) is 14.7. The molecule has 26 heavy (non-hydrogen) atoms. The number of carbonyl (C=O) groups excluding carboxylic acids is 2. The lowest BCUT2D eigenvalue weighted by Gasteiger charge is -2.33. The molecule has 1 amide bonds. The largest absolute Gasteiger partial charge is 0.450 e. The van der Waals surface area contributed by atoms with Gasteiger partial charge in [-0.15, -0.1) is 0 Å². The van der Waals surface area contributed by atoms with Crippen LogP contribution in [0.3, 0.4) is 0 Å². The first kappa shape index (κ1) is 18.2. The number of ketones is 1. The van der Waals surface area contributed by atoms with Gasteiger partial charge in [-0.1, -0.05) is 0 Å². The molecule has 0 aromatic carbocycles. The topological polar surface area (TPSA) is 131 Å². The molecule has 1 saturated heterocycles. The maximum Gasteiger partial charge on any atom is 0.409 e. The van der Waals surface area contributed by atoms with Crippen LogP contribution in [0.15, 0.2) is 9.59 Å². The molecule has 2 fully saturated rings. The standard InChI is InChI=1S/C16H23N5O5/c1-2-26-16(25)20-7-5-19(6-8-20)9-11(22)12-13(17)21(10-3-4-10)15(24)18-14(12)23/h10H,2-9,17H2,1H3,(H,18,23,24). The minimum absolute atomic E-state index is 0.00676. The second-order valence-electron chi connectivity index (χ2n) is 6.51. The number of aromatic nitrogens is 2. The van der Waals surface area contributed by atoms with E-state index < -0.39 is 17.0 Å². The fraction of sp³-hybridized carbons (Fsp3) is 0.625. The summed E-state index contributed by atoms with van der Waals surface area (Å²) in [4.78, 5) is 53.9. The Labute approximate surface area is 149 Å². The Morgan fingerprint density at radius 1 is 1.19 bits per heavy atom. The van der Waals surface area contributed by atoms with Crippen LogP contribution in [-0.2, 0) is 4.74 Å². The summed E-state index contributed by atoms with van der Waals surface area (Å²) < 4.78 is 6.26. The van der Waals surface area contributed by atoms with Gasteiger partial charge in [0.1, 0.15) is 11.4 Å². The first-order valence-corrected chi connectivity index (χ1v) is 8.74. The normalized spacial score (nSPS) is 18.0. The van der Waals surface area contributed by atoms with Crippen molar-refractivity contribution in [1.82, 2.24) is 19.4 Å². The highest BCUT2D eigenvalue weighted by atomic mass is 16.6. The molecule has 0 radical (unpaired) electrons. The fourth-order valence-electron chi connectivity index (χ4n) is 3.12. The highest BCUT2D eigenvalue weighted by Crippen LogP contribution is 2.35. The predicted octanol–water partition coefficient (Wildman–Crippen LogP) is -0.589. The number of anilines is 1. The summed E-state index contributed by atoms with van der Waals surface area (Å²) in [6.07, 6.45) is 1.25. The van der Waals surface area contributed by atoms with Crippen LogP contribution in [0.5, 0.6) is 0 Å². The Bertz CT molecular complexity index is 817. The number of Topliss-reactive ketones (excluding diaryl/α,β-unsaturated/α-hetero) is 1. The summed E-state index contributed by atoms with van der Waals surface area (Å²) in [6.45, 7) is 3.94. The Morgan fingerprint density at radius 3 is 2.42 bits per heavy atom. The summed E-state index contributed by atoms with van der Waals surface area (Å²) in [7, 11) is 0. The van der Waals surface area contributed by atoms with E-state index in [1.807, 2.05) is 4.90 Å². The second-order valence-corrected chi connectivity index (χ2v) is 6.51. The number of hydrogen-bond donors (Lipinski definition) is 2. The number of aromatic amines is 1. The minimum Gasteiger partial charge on any atom is -0.450 e. The number of hydrogen-bond acceptors (Lipinski definition) is 7. The maximum atomic E-state index is 12.6.